The number of alkyl halides is 1. The number of amides is 1. The topological polar surface area (TPSA) is 131 Å². The molecule has 0 aliphatic rings. The van der Waals surface area contributed by atoms with Crippen LogP contribution in [0.1, 0.15) is 13.8 Å². The average molecular weight is 432 g/mol. The molecule has 13 heteroatoms. The van der Waals surface area contributed by atoms with Gasteiger partial charge in [-0.15, -0.1) is 9.78 Å². The van der Waals surface area contributed by atoms with Gasteiger partial charge in [0.1, 0.15) is 24.8 Å². The van der Waals surface area contributed by atoms with Crippen molar-refractivity contribution in [2.24, 2.45) is 7.05 Å². The van der Waals surface area contributed by atoms with E-state index < -0.39 is 39.9 Å². The Bertz CT molecular complexity index is 1030. The Labute approximate surface area is 166 Å². The molecule has 2 aromatic rings. The highest BCUT2D eigenvalue weighted by atomic mass is 32.2. The second-order valence-electron chi connectivity index (χ2n) is 5.43. The van der Waals surface area contributed by atoms with E-state index >= 15 is 0 Å². The van der Waals surface area contributed by atoms with E-state index in [1.54, 1.807) is 18.6 Å². The monoisotopic (exact) mass is 432 g/mol. The Balaban J connectivity index is 2.44. The summed E-state index contributed by atoms with van der Waals surface area (Å²) in [6, 6.07) is 2.60. The lowest BCUT2D eigenvalue weighted by molar-refractivity contribution is 0.242. The van der Waals surface area contributed by atoms with Crippen LogP contribution in [-0.2, 0) is 17.1 Å². The normalized spacial score (nSPS) is 11.2. The van der Waals surface area contributed by atoms with Crippen molar-refractivity contribution in [3.05, 3.63) is 28.7 Å². The van der Waals surface area contributed by atoms with E-state index in [-0.39, 0.29) is 30.7 Å². The molecule has 0 radical (unpaired) electrons. The fourth-order valence-electron chi connectivity index (χ4n) is 2.31. The van der Waals surface area contributed by atoms with Crippen LogP contribution in [0.3, 0.4) is 0 Å². The highest BCUT2D eigenvalue weighted by molar-refractivity contribution is 7.90. The third-order valence-corrected chi connectivity index (χ3v) is 4.86. The first-order chi connectivity index (χ1) is 13.8. The molecule has 0 saturated carbocycles. The Morgan fingerprint density at radius 1 is 1.17 bits per heavy atom. The van der Waals surface area contributed by atoms with Gasteiger partial charge in [0.25, 0.3) is 10.0 Å². The summed E-state index contributed by atoms with van der Waals surface area (Å²) >= 11 is 0. The zero-order valence-corrected chi connectivity index (χ0v) is 16.9. The van der Waals surface area contributed by atoms with Crippen molar-refractivity contribution in [1.82, 2.24) is 19.1 Å². The van der Waals surface area contributed by atoms with Crippen LogP contribution in [0.4, 0.5) is 9.18 Å². The summed E-state index contributed by atoms with van der Waals surface area (Å²) in [6.45, 7) is 2.34. The van der Waals surface area contributed by atoms with Gasteiger partial charge in [0.15, 0.2) is 4.90 Å². The highest BCUT2D eigenvalue weighted by Crippen LogP contribution is 2.33. The summed E-state index contributed by atoms with van der Waals surface area (Å²) in [6.07, 6.45) is 0. The molecule has 1 aromatic carbocycles. The van der Waals surface area contributed by atoms with E-state index in [9.17, 15) is 22.4 Å². The summed E-state index contributed by atoms with van der Waals surface area (Å²) in [5, 5.41) is 3.66. The number of halogens is 1. The van der Waals surface area contributed by atoms with E-state index in [0.717, 1.165) is 4.57 Å². The number of sulfonamides is 1. The zero-order chi connectivity index (χ0) is 21.6. The van der Waals surface area contributed by atoms with Crippen molar-refractivity contribution in [3.63, 3.8) is 0 Å². The summed E-state index contributed by atoms with van der Waals surface area (Å²) in [4.78, 5) is 24.1. The van der Waals surface area contributed by atoms with E-state index in [2.05, 4.69) is 5.10 Å². The molecule has 0 aliphatic heterocycles. The summed E-state index contributed by atoms with van der Waals surface area (Å²) in [5.74, 6) is -0.315. The van der Waals surface area contributed by atoms with E-state index in [1.807, 2.05) is 0 Å². The van der Waals surface area contributed by atoms with Gasteiger partial charge in [0.05, 0.1) is 13.2 Å². The maximum atomic E-state index is 12.9. The third kappa shape index (κ3) is 4.85. The van der Waals surface area contributed by atoms with Crippen LogP contribution < -0.4 is 24.6 Å². The number of nitrogens with one attached hydrogen (secondary N) is 1. The molecule has 160 valence electrons. The smallest absolute Gasteiger partial charge is 0.360 e. The average Bonchev–Trinajstić information content (AvgIpc) is 2.95. The predicted octanol–water partition coefficient (Wildman–Crippen LogP) is 0.674. The molecule has 1 heterocycles. The minimum atomic E-state index is -4.58. The second-order valence-corrected chi connectivity index (χ2v) is 7.05. The number of nitrogens with zero attached hydrogens (tertiary/aromatic N) is 3. The number of aromatic nitrogens is 3. The largest absolute Gasteiger partial charge is 0.492 e. The fourth-order valence-corrected chi connectivity index (χ4v) is 3.51. The Kier molecular flexibility index (Phi) is 7.20. The molecule has 0 saturated heterocycles. The van der Waals surface area contributed by atoms with Gasteiger partial charge < -0.3 is 14.2 Å². The molecule has 2 rings (SSSR count). The Morgan fingerprint density at radius 3 is 2.38 bits per heavy atom. The van der Waals surface area contributed by atoms with Crippen LogP contribution >= 0.6 is 0 Å². The summed E-state index contributed by atoms with van der Waals surface area (Å²) in [5.41, 5.74) is -0.909. The van der Waals surface area contributed by atoms with Gasteiger partial charge in [0.2, 0.25) is 0 Å². The standard InChI is InChI=1S/C16H21FN4O7S/c1-4-26-11-7-6-8-12(28-10-9-17)13(11)29(24,25)19-14(22)21-16(23)20(3)15(18-21)27-5-2/h6-8H,4-5,9-10H2,1-3H3,(H,19,22). The van der Waals surface area contributed by atoms with Crippen molar-refractivity contribution in [3.8, 4) is 17.5 Å². The van der Waals surface area contributed by atoms with Gasteiger partial charge in [-0.05, 0) is 26.0 Å². The third-order valence-electron chi connectivity index (χ3n) is 3.47. The summed E-state index contributed by atoms with van der Waals surface area (Å²) < 4.78 is 56.7. The number of carbonyl (C=O) groups is 1. The molecule has 11 nitrogen and oxygen atoms in total. The van der Waals surface area contributed by atoms with Crippen molar-refractivity contribution < 1.29 is 31.8 Å². The lowest BCUT2D eigenvalue weighted by Gasteiger charge is -2.15. The van der Waals surface area contributed by atoms with Gasteiger partial charge >= 0.3 is 17.7 Å². The van der Waals surface area contributed by atoms with E-state index in [0.29, 0.717) is 4.68 Å². The second kappa shape index (κ2) is 9.41. The molecule has 1 amide bonds. The first-order valence-corrected chi connectivity index (χ1v) is 10.1. The van der Waals surface area contributed by atoms with E-state index in [4.69, 9.17) is 14.2 Å². The Hall–Kier alpha value is -3.09. The van der Waals surface area contributed by atoms with Crippen molar-refractivity contribution >= 4 is 16.1 Å². The molecule has 1 aromatic heterocycles. The van der Waals surface area contributed by atoms with Crippen LogP contribution in [-0.4, -0.2) is 55.3 Å². The van der Waals surface area contributed by atoms with Crippen molar-refractivity contribution in [1.29, 1.82) is 0 Å². The van der Waals surface area contributed by atoms with Crippen LogP contribution in [0, 0.1) is 0 Å². The molecule has 0 aliphatic carbocycles. The first kappa shape index (κ1) is 22.2. The zero-order valence-electron chi connectivity index (χ0n) is 16.0. The predicted molar refractivity (Wildman–Crippen MR) is 98.8 cm³/mol. The lowest BCUT2D eigenvalue weighted by Crippen LogP contribution is -2.40. The minimum Gasteiger partial charge on any atom is -0.492 e. The molecule has 0 bridgehead atoms. The fraction of sp³-hybridized carbons (Fsp3) is 0.438. The van der Waals surface area contributed by atoms with Gasteiger partial charge in [-0.3, -0.25) is 0 Å². The maximum Gasteiger partial charge on any atom is 0.360 e. The van der Waals surface area contributed by atoms with Crippen LogP contribution in [0.5, 0.6) is 17.5 Å². The Morgan fingerprint density at radius 2 is 1.79 bits per heavy atom. The van der Waals surface area contributed by atoms with Gasteiger partial charge in [-0.2, -0.15) is 0 Å². The summed E-state index contributed by atoms with van der Waals surface area (Å²) in [7, 11) is -3.26. The molecule has 29 heavy (non-hydrogen) atoms. The number of carbonyl (C=O) groups excluding carboxylic acids is 1. The molecular weight excluding hydrogens is 411 g/mol. The van der Waals surface area contributed by atoms with Crippen molar-refractivity contribution in [2.75, 3.05) is 26.5 Å². The molecule has 0 fully saturated rings. The number of rotatable bonds is 9. The first-order valence-electron chi connectivity index (χ1n) is 8.57. The van der Waals surface area contributed by atoms with Crippen LogP contribution in [0.15, 0.2) is 27.9 Å². The molecule has 0 atom stereocenters. The lowest BCUT2D eigenvalue weighted by atomic mass is 10.3. The molecule has 0 unspecified atom stereocenters. The van der Waals surface area contributed by atoms with Gasteiger partial charge in [-0.25, -0.2) is 31.7 Å². The highest BCUT2D eigenvalue weighted by Gasteiger charge is 2.29. The molecule has 0 spiro atoms. The minimum absolute atomic E-state index is 0.104. The van der Waals surface area contributed by atoms with Crippen molar-refractivity contribution in [2.45, 2.75) is 18.7 Å². The quantitative estimate of drug-likeness (QED) is 0.612. The number of benzene rings is 1. The number of hydrogen-bond acceptors (Lipinski definition) is 8. The molecule has 1 N–H and O–H groups in total. The SMILES string of the molecule is CCOc1cccc(OCCF)c1S(=O)(=O)NC(=O)n1nc(OCC)n(C)c1=O. The van der Waals surface area contributed by atoms with Gasteiger partial charge in [0, 0.05) is 7.05 Å². The maximum absolute atomic E-state index is 12.9. The van der Waals surface area contributed by atoms with Gasteiger partial charge in [-0.1, -0.05) is 6.07 Å². The number of hydrogen-bond donors (Lipinski definition) is 1. The van der Waals surface area contributed by atoms with Crippen LogP contribution in [0.2, 0.25) is 0 Å². The van der Waals surface area contributed by atoms with Crippen LogP contribution in [0.25, 0.3) is 0 Å². The van der Waals surface area contributed by atoms with E-state index in [1.165, 1.54) is 25.2 Å². The molecular formula is C16H21FN4O7S. The number of ether oxygens (including phenoxy) is 3.